The molecule has 23 heavy (non-hydrogen) atoms. The molecule has 4 nitrogen and oxygen atoms in total. The molecule has 0 aromatic heterocycles. The normalized spacial score (nSPS) is 23.6. The van der Waals surface area contributed by atoms with E-state index in [1.807, 2.05) is 6.07 Å². The van der Waals surface area contributed by atoms with Crippen LogP contribution in [-0.2, 0) is 0 Å². The molecule has 2 unspecified atom stereocenters. The summed E-state index contributed by atoms with van der Waals surface area (Å²) in [6.07, 6.45) is 4.80. The summed E-state index contributed by atoms with van der Waals surface area (Å²) in [4.78, 5) is 14.6. The van der Waals surface area contributed by atoms with Crippen molar-refractivity contribution >= 4 is 36.4 Å². The molecule has 6 heteroatoms. The van der Waals surface area contributed by atoms with Crippen molar-refractivity contribution in [1.29, 1.82) is 0 Å². The van der Waals surface area contributed by atoms with Crippen LogP contribution < -0.4 is 11.1 Å². The Bertz CT molecular complexity index is 510. The number of benzene rings is 1. The number of nitrogens with two attached hydrogens (primary N) is 1. The van der Waals surface area contributed by atoms with E-state index in [1.54, 1.807) is 18.2 Å². The smallest absolute Gasteiger partial charge is 0.251 e. The number of anilines is 1. The first-order chi connectivity index (χ1) is 9.93. The minimum absolute atomic E-state index is 0. The maximum Gasteiger partial charge on any atom is 0.251 e. The molecule has 3 N–H and O–H groups in total. The van der Waals surface area contributed by atoms with Crippen molar-refractivity contribution in [3.05, 3.63) is 29.8 Å². The van der Waals surface area contributed by atoms with Crippen molar-refractivity contribution in [1.82, 2.24) is 10.2 Å². The number of nitrogens with one attached hydrogen (secondary N) is 1. The highest BCUT2D eigenvalue weighted by Crippen LogP contribution is 2.35. The fourth-order valence-electron chi connectivity index (χ4n) is 3.38. The zero-order chi connectivity index (χ0) is 15.5. The quantitative estimate of drug-likeness (QED) is 0.808. The van der Waals surface area contributed by atoms with Crippen LogP contribution in [0.5, 0.6) is 0 Å². The molecule has 0 bridgehead atoms. The van der Waals surface area contributed by atoms with Gasteiger partial charge in [-0.25, -0.2) is 0 Å². The van der Waals surface area contributed by atoms with Gasteiger partial charge in [-0.3, -0.25) is 4.79 Å². The average molecular weight is 362 g/mol. The lowest BCUT2D eigenvalue weighted by Crippen LogP contribution is -2.55. The zero-order valence-corrected chi connectivity index (χ0v) is 15.8. The number of rotatable bonds is 4. The molecule has 132 valence electrons. The Hall–Kier alpha value is -0.970. The second kappa shape index (κ2) is 9.36. The summed E-state index contributed by atoms with van der Waals surface area (Å²) in [5.41, 5.74) is 7.07. The fourth-order valence-corrected chi connectivity index (χ4v) is 3.38. The Balaban J connectivity index is 0.00000242. The lowest BCUT2D eigenvalue weighted by molar-refractivity contribution is 0.0675. The van der Waals surface area contributed by atoms with Crippen LogP contribution in [0, 0.1) is 5.92 Å². The van der Waals surface area contributed by atoms with Crippen molar-refractivity contribution in [2.24, 2.45) is 5.92 Å². The number of hydrogen-bond acceptors (Lipinski definition) is 3. The molecular weight excluding hydrogens is 333 g/mol. The molecule has 0 heterocycles. The Morgan fingerprint density at radius 3 is 2.65 bits per heavy atom. The van der Waals surface area contributed by atoms with Crippen LogP contribution in [0.4, 0.5) is 5.69 Å². The van der Waals surface area contributed by atoms with E-state index >= 15 is 0 Å². The monoisotopic (exact) mass is 361 g/mol. The van der Waals surface area contributed by atoms with Crippen LogP contribution in [0.1, 0.15) is 43.0 Å². The number of nitrogens with zero attached hydrogens (tertiary/aromatic N) is 1. The standard InChI is InChI=1S/C17H27N3O.2ClH/c1-13-6-5-9-17(11-13,20(2)3)12-19-16(21)14-7-4-8-15(18)10-14;;/h4,7-8,10,13H,5-6,9,11-12,18H2,1-3H3,(H,19,21);2*1H. The van der Waals surface area contributed by atoms with Crippen LogP contribution in [0.15, 0.2) is 24.3 Å². The third-order valence-electron chi connectivity index (χ3n) is 4.74. The van der Waals surface area contributed by atoms with Crippen LogP contribution >= 0.6 is 24.8 Å². The maximum absolute atomic E-state index is 12.3. The second-order valence-electron chi connectivity index (χ2n) is 6.63. The first-order valence-corrected chi connectivity index (χ1v) is 7.74. The van der Waals surface area contributed by atoms with Crippen LogP contribution in [0.25, 0.3) is 0 Å². The molecule has 0 aliphatic heterocycles. The van der Waals surface area contributed by atoms with Gasteiger partial charge in [0, 0.05) is 23.3 Å². The second-order valence-corrected chi connectivity index (χ2v) is 6.63. The van der Waals surface area contributed by atoms with Gasteiger partial charge in [-0.1, -0.05) is 25.8 Å². The first kappa shape index (κ1) is 22.0. The van der Waals surface area contributed by atoms with E-state index in [0.717, 1.165) is 12.8 Å². The van der Waals surface area contributed by atoms with Gasteiger partial charge in [-0.05, 0) is 51.1 Å². The predicted octanol–water partition coefficient (Wildman–Crippen LogP) is 3.35. The summed E-state index contributed by atoms with van der Waals surface area (Å²) in [7, 11) is 4.23. The van der Waals surface area contributed by atoms with Crippen LogP contribution in [-0.4, -0.2) is 37.0 Å². The maximum atomic E-state index is 12.3. The van der Waals surface area contributed by atoms with Gasteiger partial charge in [-0.15, -0.1) is 24.8 Å². The summed E-state index contributed by atoms with van der Waals surface area (Å²) in [5.74, 6) is 0.673. The Morgan fingerprint density at radius 1 is 1.39 bits per heavy atom. The summed E-state index contributed by atoms with van der Waals surface area (Å²) in [6.45, 7) is 3.00. The first-order valence-electron chi connectivity index (χ1n) is 7.74. The van der Waals surface area contributed by atoms with Crippen molar-refractivity contribution in [3.8, 4) is 0 Å². The summed E-state index contributed by atoms with van der Waals surface area (Å²) in [5, 5.41) is 3.10. The number of carbonyl (C=O) groups excluding carboxylic acids is 1. The molecule has 1 aliphatic rings. The minimum atomic E-state index is -0.0400. The van der Waals surface area contributed by atoms with Crippen LogP contribution in [0.3, 0.4) is 0 Å². The molecule has 1 aromatic rings. The van der Waals surface area contributed by atoms with Gasteiger partial charge >= 0.3 is 0 Å². The van der Waals surface area contributed by atoms with E-state index in [-0.39, 0.29) is 36.3 Å². The lowest BCUT2D eigenvalue weighted by atomic mass is 9.75. The van der Waals surface area contributed by atoms with E-state index in [9.17, 15) is 4.79 Å². The molecule has 2 atom stereocenters. The SMILES string of the molecule is CC1CCCC(CNC(=O)c2cccc(N)c2)(N(C)C)C1.Cl.Cl. The molecule has 1 fully saturated rings. The van der Waals surface area contributed by atoms with Gasteiger partial charge in [0.2, 0.25) is 0 Å². The van der Waals surface area contributed by atoms with Crippen molar-refractivity contribution in [3.63, 3.8) is 0 Å². The number of hydrogen-bond donors (Lipinski definition) is 2. The third-order valence-corrected chi connectivity index (χ3v) is 4.74. The molecule has 0 saturated heterocycles. The van der Waals surface area contributed by atoms with E-state index in [2.05, 4.69) is 31.2 Å². The molecule has 0 radical (unpaired) electrons. The summed E-state index contributed by atoms with van der Waals surface area (Å²) >= 11 is 0. The largest absolute Gasteiger partial charge is 0.399 e. The number of carbonyl (C=O) groups is 1. The van der Waals surface area contributed by atoms with Gasteiger partial charge in [0.15, 0.2) is 0 Å². The van der Waals surface area contributed by atoms with Crippen molar-refractivity contribution in [2.75, 3.05) is 26.4 Å². The van der Waals surface area contributed by atoms with Crippen molar-refractivity contribution in [2.45, 2.75) is 38.1 Å². The minimum Gasteiger partial charge on any atom is -0.399 e. The molecular formula is C17H29Cl2N3O. The number of halogens is 2. The molecule has 1 aromatic carbocycles. The Morgan fingerprint density at radius 2 is 2.09 bits per heavy atom. The molecule has 2 rings (SSSR count). The van der Waals surface area contributed by atoms with Gasteiger partial charge in [-0.2, -0.15) is 0 Å². The topological polar surface area (TPSA) is 58.4 Å². The predicted molar refractivity (Wildman–Crippen MR) is 102 cm³/mol. The number of likely N-dealkylation sites (N-methyl/N-ethyl adjacent to an activating group) is 1. The molecule has 0 spiro atoms. The summed E-state index contributed by atoms with van der Waals surface area (Å²) < 4.78 is 0. The molecule has 1 amide bonds. The van der Waals surface area contributed by atoms with E-state index < -0.39 is 0 Å². The van der Waals surface area contributed by atoms with Gasteiger partial charge in [0.05, 0.1) is 0 Å². The highest BCUT2D eigenvalue weighted by molar-refractivity contribution is 5.95. The van der Waals surface area contributed by atoms with Gasteiger partial charge in [0.1, 0.15) is 0 Å². The number of nitrogen functional groups attached to an aromatic ring is 1. The van der Waals surface area contributed by atoms with E-state index in [0.29, 0.717) is 23.7 Å². The highest BCUT2D eigenvalue weighted by Gasteiger charge is 2.37. The fraction of sp³-hybridized carbons (Fsp3) is 0.588. The number of amides is 1. The van der Waals surface area contributed by atoms with Crippen molar-refractivity contribution < 1.29 is 4.79 Å². The molecule has 1 saturated carbocycles. The van der Waals surface area contributed by atoms with E-state index in [1.165, 1.54) is 12.8 Å². The third kappa shape index (κ3) is 5.55. The summed E-state index contributed by atoms with van der Waals surface area (Å²) in [6, 6.07) is 7.13. The van der Waals surface area contributed by atoms with Crippen LogP contribution in [0.2, 0.25) is 0 Å². The zero-order valence-electron chi connectivity index (χ0n) is 14.2. The van der Waals surface area contributed by atoms with Gasteiger partial charge in [0.25, 0.3) is 5.91 Å². The Labute approximate surface area is 152 Å². The highest BCUT2D eigenvalue weighted by atomic mass is 35.5. The molecule has 1 aliphatic carbocycles. The lowest BCUT2D eigenvalue weighted by Gasteiger charge is -2.45. The van der Waals surface area contributed by atoms with E-state index in [4.69, 9.17) is 5.73 Å². The van der Waals surface area contributed by atoms with Gasteiger partial charge < -0.3 is 16.0 Å². The Kier molecular flexibility index (Phi) is 8.96. The average Bonchev–Trinajstić information content (AvgIpc) is 2.44.